The summed E-state index contributed by atoms with van der Waals surface area (Å²) in [7, 11) is 0. The van der Waals surface area contributed by atoms with Crippen molar-refractivity contribution in [2.75, 3.05) is 34.4 Å². The Balaban J connectivity index is 1.33. The number of nitrogens with zero attached hydrogens (tertiary/aromatic N) is 1. The Morgan fingerprint density at radius 3 is 1.00 bits per heavy atom. The lowest BCUT2D eigenvalue weighted by Crippen LogP contribution is -2.81. The molecule has 6 rings (SSSR count). The fourth-order valence-corrected chi connectivity index (χ4v) is 5.78. The molecule has 4 aromatic carbocycles. The fraction of sp³-hybridized carbons (Fsp3) is 0.200. The molecule has 0 unspecified atom stereocenters. The fourth-order valence-electron chi connectivity index (χ4n) is 5.78. The van der Waals surface area contributed by atoms with Crippen molar-refractivity contribution in [1.29, 1.82) is 0 Å². The molecule has 0 bridgehead atoms. The predicted molar refractivity (Wildman–Crippen MR) is 177 cm³/mol. The molecule has 0 aromatic heterocycles. The van der Waals surface area contributed by atoms with E-state index in [0.717, 1.165) is 0 Å². The van der Waals surface area contributed by atoms with Crippen molar-refractivity contribution in [1.82, 2.24) is 15.5 Å². The van der Waals surface area contributed by atoms with Crippen molar-refractivity contribution in [2.45, 2.75) is 30.2 Å². The summed E-state index contributed by atoms with van der Waals surface area (Å²) in [6, 6.07) is 35.5. The Kier molecular flexibility index (Phi) is 8.88. The van der Waals surface area contributed by atoms with Crippen LogP contribution < -0.4 is 31.9 Å². The Morgan fingerprint density at radius 2 is 0.739 bits per heavy atom. The highest BCUT2D eigenvalue weighted by molar-refractivity contribution is 6.20. The van der Waals surface area contributed by atoms with Crippen LogP contribution in [-0.2, 0) is 19.2 Å². The molecule has 0 saturated carbocycles. The number of nitrogens with one attached hydrogen (secondary N) is 6. The highest BCUT2D eigenvalue weighted by Gasteiger charge is 2.57. The van der Waals surface area contributed by atoms with Gasteiger partial charge in [0.05, 0.1) is 0 Å². The number of para-hydroxylation sites is 4. The van der Waals surface area contributed by atoms with Gasteiger partial charge in [-0.3, -0.25) is 34.7 Å². The van der Waals surface area contributed by atoms with E-state index in [0.29, 0.717) is 35.8 Å². The molecule has 11 heteroatoms. The molecule has 4 aromatic rings. The van der Waals surface area contributed by atoms with Crippen molar-refractivity contribution in [2.24, 2.45) is 0 Å². The van der Waals surface area contributed by atoms with Crippen LogP contribution in [0.3, 0.4) is 0 Å². The SMILES string of the molecule is O=C(Nc1ccccc1)C1(C(=O)Nc2ccccc2)CCN2CCC(C(=O)Nc3ccccc3)(C(=O)Nc3ccccc3)NC2N1. The van der Waals surface area contributed by atoms with Crippen molar-refractivity contribution in [3.63, 3.8) is 0 Å². The maximum absolute atomic E-state index is 14.1. The Labute approximate surface area is 266 Å². The Bertz CT molecular complexity index is 1460. The number of anilines is 4. The van der Waals surface area contributed by atoms with Crippen molar-refractivity contribution in [3.8, 4) is 0 Å². The molecule has 11 nitrogen and oxygen atoms in total. The van der Waals surface area contributed by atoms with Gasteiger partial charge in [-0.1, -0.05) is 72.8 Å². The number of amides is 4. The summed E-state index contributed by atoms with van der Waals surface area (Å²) < 4.78 is 0. The summed E-state index contributed by atoms with van der Waals surface area (Å²) in [4.78, 5) is 58.3. The van der Waals surface area contributed by atoms with Gasteiger partial charge >= 0.3 is 0 Å². The van der Waals surface area contributed by atoms with Crippen LogP contribution in [0.15, 0.2) is 121 Å². The van der Waals surface area contributed by atoms with Gasteiger partial charge in [0, 0.05) is 35.8 Å². The monoisotopic (exact) mass is 617 g/mol. The minimum Gasteiger partial charge on any atom is -0.324 e. The van der Waals surface area contributed by atoms with Crippen molar-refractivity contribution < 1.29 is 19.2 Å². The van der Waals surface area contributed by atoms with Crippen LogP contribution in [0.25, 0.3) is 0 Å². The first-order valence-corrected chi connectivity index (χ1v) is 15.1. The molecule has 0 atom stereocenters. The lowest BCUT2D eigenvalue weighted by Gasteiger charge is -2.52. The third kappa shape index (κ3) is 6.38. The van der Waals surface area contributed by atoms with Gasteiger partial charge in [-0.25, -0.2) is 0 Å². The Morgan fingerprint density at radius 1 is 0.478 bits per heavy atom. The van der Waals surface area contributed by atoms with E-state index in [1.54, 1.807) is 97.1 Å². The van der Waals surface area contributed by atoms with Crippen LogP contribution in [0.5, 0.6) is 0 Å². The number of carbonyl (C=O) groups excluding carboxylic acids is 4. The number of hydrogen-bond acceptors (Lipinski definition) is 7. The molecule has 2 saturated heterocycles. The van der Waals surface area contributed by atoms with Crippen LogP contribution in [0.4, 0.5) is 22.7 Å². The molecule has 6 N–H and O–H groups in total. The second-order valence-corrected chi connectivity index (χ2v) is 11.3. The summed E-state index contributed by atoms with van der Waals surface area (Å²) in [6.07, 6.45) is -0.613. The first kappa shape index (κ1) is 30.7. The van der Waals surface area contributed by atoms with E-state index < -0.39 is 41.0 Å². The highest BCUT2D eigenvalue weighted by Crippen LogP contribution is 2.30. The van der Waals surface area contributed by atoms with Crippen LogP contribution in [0, 0.1) is 0 Å². The van der Waals surface area contributed by atoms with Crippen molar-refractivity contribution in [3.05, 3.63) is 121 Å². The maximum atomic E-state index is 14.1. The summed E-state index contributed by atoms with van der Waals surface area (Å²) >= 11 is 0. The summed E-state index contributed by atoms with van der Waals surface area (Å²) in [6.45, 7) is 0.678. The summed E-state index contributed by atoms with van der Waals surface area (Å²) in [5.41, 5.74) is -1.40. The summed E-state index contributed by atoms with van der Waals surface area (Å²) in [5, 5.41) is 18.0. The number of fused-ring (bicyclic) bond motifs is 1. The third-order valence-corrected chi connectivity index (χ3v) is 8.36. The molecule has 4 amide bonds. The molecular formula is C35H35N7O4. The van der Waals surface area contributed by atoms with E-state index in [9.17, 15) is 19.2 Å². The first-order valence-electron chi connectivity index (χ1n) is 15.1. The predicted octanol–water partition coefficient (Wildman–Crippen LogP) is 3.59. The normalized spacial score (nSPS) is 17.1. The van der Waals surface area contributed by atoms with E-state index in [-0.39, 0.29) is 12.8 Å². The van der Waals surface area contributed by atoms with Crippen LogP contribution in [0.1, 0.15) is 12.8 Å². The molecule has 0 aliphatic carbocycles. The molecule has 0 radical (unpaired) electrons. The lowest BCUT2D eigenvalue weighted by atomic mass is 9.85. The first-order chi connectivity index (χ1) is 22.4. The van der Waals surface area contributed by atoms with Crippen LogP contribution >= 0.6 is 0 Å². The number of benzene rings is 4. The molecule has 46 heavy (non-hydrogen) atoms. The molecule has 234 valence electrons. The molecule has 2 aliphatic rings. The maximum Gasteiger partial charge on any atom is 0.254 e. The van der Waals surface area contributed by atoms with E-state index in [1.165, 1.54) is 0 Å². The van der Waals surface area contributed by atoms with E-state index in [4.69, 9.17) is 0 Å². The van der Waals surface area contributed by atoms with Gasteiger partial charge in [-0.15, -0.1) is 0 Å². The second kappa shape index (κ2) is 13.3. The van der Waals surface area contributed by atoms with E-state index in [1.807, 2.05) is 29.2 Å². The quantitative estimate of drug-likeness (QED) is 0.166. The third-order valence-electron chi connectivity index (χ3n) is 8.36. The average molecular weight is 618 g/mol. The highest BCUT2D eigenvalue weighted by atomic mass is 16.2. The van der Waals surface area contributed by atoms with Gasteiger partial charge in [0.2, 0.25) is 0 Å². The summed E-state index contributed by atoms with van der Waals surface area (Å²) in [5.74, 6) is -2.25. The second-order valence-electron chi connectivity index (χ2n) is 11.3. The standard InChI is InChI=1S/C35H35N7O4/c43-29(36-25-13-5-1-6-14-25)34(30(44)37-26-15-7-2-8-16-26)21-23-42-24-22-35(41-33(42)40-34,31(45)38-27-17-9-3-10-18-27)32(46)39-28-19-11-4-12-20-28/h1-20,33,40-41H,21-24H2,(H,36,43)(H,37,44)(H,38,45)(H,39,46). The smallest absolute Gasteiger partial charge is 0.254 e. The van der Waals surface area contributed by atoms with Gasteiger partial charge in [-0.05, 0) is 61.4 Å². The van der Waals surface area contributed by atoms with E-state index in [2.05, 4.69) is 31.9 Å². The zero-order valence-electron chi connectivity index (χ0n) is 25.0. The van der Waals surface area contributed by atoms with Crippen LogP contribution in [-0.4, -0.2) is 59.0 Å². The lowest BCUT2D eigenvalue weighted by molar-refractivity contribution is -0.144. The van der Waals surface area contributed by atoms with Gasteiger partial charge in [-0.2, -0.15) is 0 Å². The largest absolute Gasteiger partial charge is 0.324 e. The minimum absolute atomic E-state index is 0.141. The zero-order valence-corrected chi connectivity index (χ0v) is 25.0. The molecule has 2 fully saturated rings. The minimum atomic E-state index is -1.76. The number of carbonyl (C=O) groups is 4. The zero-order chi connectivity index (χ0) is 32.0. The number of hydrogen-bond donors (Lipinski definition) is 6. The van der Waals surface area contributed by atoms with Gasteiger partial charge in [0.15, 0.2) is 11.1 Å². The van der Waals surface area contributed by atoms with Crippen molar-refractivity contribution >= 4 is 46.4 Å². The molecule has 2 heterocycles. The topological polar surface area (TPSA) is 144 Å². The Hall–Kier alpha value is -5.36. The number of rotatable bonds is 8. The van der Waals surface area contributed by atoms with Gasteiger partial charge < -0.3 is 21.3 Å². The molecular weight excluding hydrogens is 582 g/mol. The average Bonchev–Trinajstić information content (AvgIpc) is 3.09. The molecule has 2 aliphatic heterocycles. The van der Waals surface area contributed by atoms with Gasteiger partial charge in [0.25, 0.3) is 23.6 Å². The van der Waals surface area contributed by atoms with Crippen LogP contribution in [0.2, 0.25) is 0 Å². The van der Waals surface area contributed by atoms with Gasteiger partial charge in [0.1, 0.15) is 6.29 Å². The molecule has 0 spiro atoms. The van der Waals surface area contributed by atoms with E-state index >= 15 is 0 Å².